The molecule has 0 fully saturated rings. The Bertz CT molecular complexity index is 606. The van der Waals surface area contributed by atoms with E-state index in [2.05, 4.69) is 57.1 Å². The van der Waals surface area contributed by atoms with Crippen LogP contribution in [0, 0.1) is 0 Å². The number of nitrogens with zero attached hydrogens (tertiary/aromatic N) is 3. The Morgan fingerprint density at radius 1 is 1.39 bits per heavy atom. The van der Waals surface area contributed by atoms with E-state index in [4.69, 9.17) is 4.52 Å². The molecule has 0 saturated heterocycles. The van der Waals surface area contributed by atoms with Gasteiger partial charge in [0.1, 0.15) is 0 Å². The van der Waals surface area contributed by atoms with Crippen molar-refractivity contribution >= 4 is 17.3 Å². The molecule has 0 saturated carbocycles. The van der Waals surface area contributed by atoms with Crippen molar-refractivity contribution in [3.63, 3.8) is 0 Å². The van der Waals surface area contributed by atoms with Crippen LogP contribution in [0.15, 0.2) is 27.0 Å². The highest BCUT2D eigenvalue weighted by atomic mass is 32.1. The number of guanidine groups is 1. The average Bonchev–Trinajstić information content (AvgIpc) is 3.19. The van der Waals surface area contributed by atoms with Gasteiger partial charge in [0.05, 0.1) is 12.6 Å². The van der Waals surface area contributed by atoms with E-state index in [0.717, 1.165) is 18.3 Å². The summed E-state index contributed by atoms with van der Waals surface area (Å²) in [6.07, 6.45) is 0.643. The molecule has 6 nitrogen and oxygen atoms in total. The summed E-state index contributed by atoms with van der Waals surface area (Å²) < 4.78 is 5.24. The molecule has 2 N–H and O–H groups in total. The van der Waals surface area contributed by atoms with Crippen molar-refractivity contribution in [3.05, 3.63) is 34.1 Å². The number of nitrogens with one attached hydrogen (secondary N) is 2. The maximum Gasteiger partial charge on any atom is 0.228 e. The summed E-state index contributed by atoms with van der Waals surface area (Å²) in [5, 5.41) is 12.7. The molecule has 0 aliphatic heterocycles. The highest BCUT2D eigenvalue weighted by molar-refractivity contribution is 7.10. The molecule has 2 heterocycles. The van der Waals surface area contributed by atoms with Gasteiger partial charge in [-0.15, -0.1) is 11.3 Å². The van der Waals surface area contributed by atoms with Crippen LogP contribution < -0.4 is 10.6 Å². The van der Waals surface area contributed by atoms with Gasteiger partial charge in [0, 0.05) is 23.8 Å². The van der Waals surface area contributed by atoms with Crippen molar-refractivity contribution in [2.45, 2.75) is 46.1 Å². The first kappa shape index (κ1) is 17.5. The molecule has 0 spiro atoms. The molecule has 0 radical (unpaired) electrons. The lowest BCUT2D eigenvalue weighted by molar-refractivity contribution is 0.372. The predicted octanol–water partition coefficient (Wildman–Crippen LogP) is 3.11. The summed E-state index contributed by atoms with van der Waals surface area (Å²) in [5.74, 6) is 2.47. The lowest BCUT2D eigenvalue weighted by Gasteiger charge is -2.16. The molecule has 7 heteroatoms. The van der Waals surface area contributed by atoms with Crippen molar-refractivity contribution in [2.24, 2.45) is 4.99 Å². The maximum atomic E-state index is 5.24. The fourth-order valence-corrected chi connectivity index (χ4v) is 2.74. The number of hydrogen-bond donors (Lipinski definition) is 2. The monoisotopic (exact) mass is 335 g/mol. The Hall–Kier alpha value is -1.89. The molecule has 0 amide bonds. The van der Waals surface area contributed by atoms with Gasteiger partial charge in [0.15, 0.2) is 11.8 Å². The number of rotatable bonds is 7. The van der Waals surface area contributed by atoms with E-state index in [1.54, 1.807) is 11.3 Å². The van der Waals surface area contributed by atoms with Crippen LogP contribution >= 0.6 is 11.3 Å². The fraction of sp³-hybridized carbons (Fsp3) is 0.562. The Morgan fingerprint density at radius 3 is 2.83 bits per heavy atom. The molecule has 2 rings (SSSR count). The molecule has 0 aliphatic carbocycles. The molecule has 23 heavy (non-hydrogen) atoms. The quantitative estimate of drug-likeness (QED) is 0.601. The summed E-state index contributed by atoms with van der Waals surface area (Å²) >= 11 is 1.74. The van der Waals surface area contributed by atoms with Crippen LogP contribution in [0.5, 0.6) is 0 Å². The second-order valence-corrected chi connectivity index (χ2v) is 6.57. The highest BCUT2D eigenvalue weighted by Gasteiger charge is 2.10. The van der Waals surface area contributed by atoms with Crippen molar-refractivity contribution in [1.29, 1.82) is 0 Å². The molecule has 2 aromatic rings. The van der Waals surface area contributed by atoms with Gasteiger partial charge in [-0.1, -0.05) is 25.1 Å². The SMILES string of the molecule is CCNC(=NCCc1nc(C(C)C)no1)NC(C)c1cccs1. The van der Waals surface area contributed by atoms with Crippen LogP contribution in [0.2, 0.25) is 0 Å². The van der Waals surface area contributed by atoms with Crippen LogP contribution in [0.3, 0.4) is 0 Å². The first-order chi connectivity index (χ1) is 11.1. The van der Waals surface area contributed by atoms with E-state index in [1.165, 1.54) is 4.88 Å². The minimum Gasteiger partial charge on any atom is -0.357 e. The van der Waals surface area contributed by atoms with E-state index in [0.29, 0.717) is 18.9 Å². The van der Waals surface area contributed by atoms with Crippen LogP contribution in [0.25, 0.3) is 0 Å². The molecule has 0 aromatic carbocycles. The van der Waals surface area contributed by atoms with Crippen molar-refractivity contribution in [2.75, 3.05) is 13.1 Å². The Balaban J connectivity index is 1.90. The third kappa shape index (κ3) is 5.35. The molecule has 1 unspecified atom stereocenters. The number of aliphatic imine (C=N–C) groups is 1. The Labute approximate surface area is 141 Å². The van der Waals surface area contributed by atoms with Gasteiger partial charge in [-0.2, -0.15) is 4.98 Å². The zero-order valence-electron chi connectivity index (χ0n) is 14.2. The molecule has 0 aliphatic rings. The van der Waals surface area contributed by atoms with Gasteiger partial charge in [0.25, 0.3) is 0 Å². The van der Waals surface area contributed by atoms with E-state index in [1.807, 2.05) is 13.8 Å². The Kier molecular flexibility index (Phi) is 6.58. The first-order valence-corrected chi connectivity index (χ1v) is 8.88. The first-order valence-electron chi connectivity index (χ1n) is 8.00. The minimum absolute atomic E-state index is 0.226. The summed E-state index contributed by atoms with van der Waals surface area (Å²) in [6, 6.07) is 4.41. The van der Waals surface area contributed by atoms with E-state index >= 15 is 0 Å². The van der Waals surface area contributed by atoms with Crippen LogP contribution in [0.4, 0.5) is 0 Å². The van der Waals surface area contributed by atoms with Crippen molar-refractivity contribution < 1.29 is 4.52 Å². The highest BCUT2D eigenvalue weighted by Crippen LogP contribution is 2.17. The number of thiophene rings is 1. The predicted molar refractivity (Wildman–Crippen MR) is 93.9 cm³/mol. The molecule has 2 aromatic heterocycles. The smallest absolute Gasteiger partial charge is 0.228 e. The van der Waals surface area contributed by atoms with E-state index in [-0.39, 0.29) is 12.0 Å². The summed E-state index contributed by atoms with van der Waals surface area (Å²) in [6.45, 7) is 9.71. The van der Waals surface area contributed by atoms with Crippen LogP contribution in [-0.2, 0) is 6.42 Å². The van der Waals surface area contributed by atoms with Gasteiger partial charge >= 0.3 is 0 Å². The second kappa shape index (κ2) is 8.67. The van der Waals surface area contributed by atoms with Crippen LogP contribution in [0.1, 0.15) is 56.2 Å². The lowest BCUT2D eigenvalue weighted by Crippen LogP contribution is -2.38. The molecular formula is C16H25N5OS. The molecular weight excluding hydrogens is 310 g/mol. The van der Waals surface area contributed by atoms with Gasteiger partial charge in [0.2, 0.25) is 5.89 Å². The van der Waals surface area contributed by atoms with E-state index in [9.17, 15) is 0 Å². The van der Waals surface area contributed by atoms with Gasteiger partial charge in [-0.25, -0.2) is 0 Å². The maximum absolute atomic E-state index is 5.24. The Morgan fingerprint density at radius 2 is 2.22 bits per heavy atom. The summed E-state index contributed by atoms with van der Waals surface area (Å²) in [7, 11) is 0. The van der Waals surface area contributed by atoms with E-state index < -0.39 is 0 Å². The second-order valence-electron chi connectivity index (χ2n) is 5.59. The molecule has 126 valence electrons. The minimum atomic E-state index is 0.226. The zero-order valence-corrected chi connectivity index (χ0v) is 15.0. The van der Waals surface area contributed by atoms with Crippen molar-refractivity contribution in [3.8, 4) is 0 Å². The van der Waals surface area contributed by atoms with Crippen molar-refractivity contribution in [1.82, 2.24) is 20.8 Å². The normalized spacial score (nSPS) is 13.3. The summed E-state index contributed by atoms with van der Waals surface area (Å²) in [5.41, 5.74) is 0. The van der Waals surface area contributed by atoms with Gasteiger partial charge in [-0.3, -0.25) is 4.99 Å². The molecule has 0 bridgehead atoms. The van der Waals surface area contributed by atoms with Gasteiger partial charge < -0.3 is 15.2 Å². The number of hydrogen-bond acceptors (Lipinski definition) is 5. The standard InChI is InChI=1S/C16H25N5OS/c1-5-17-16(19-12(4)13-7-6-10-23-13)18-9-8-14-20-15(11(2)3)21-22-14/h6-7,10-12H,5,8-9H2,1-4H3,(H2,17,18,19). The fourth-order valence-electron chi connectivity index (χ4n) is 2.00. The number of aromatic nitrogens is 2. The average molecular weight is 335 g/mol. The third-order valence-electron chi connectivity index (χ3n) is 3.26. The third-order valence-corrected chi connectivity index (χ3v) is 4.32. The summed E-state index contributed by atoms with van der Waals surface area (Å²) in [4.78, 5) is 10.2. The largest absolute Gasteiger partial charge is 0.357 e. The molecule has 1 atom stereocenters. The van der Waals surface area contributed by atoms with Gasteiger partial charge in [-0.05, 0) is 25.3 Å². The zero-order chi connectivity index (χ0) is 16.7. The topological polar surface area (TPSA) is 75.3 Å². The van der Waals surface area contributed by atoms with Crippen LogP contribution in [-0.4, -0.2) is 29.2 Å². The lowest BCUT2D eigenvalue weighted by atomic mass is 10.2.